The summed E-state index contributed by atoms with van der Waals surface area (Å²) >= 11 is 11.6. The number of nitrogens with zero attached hydrogens (tertiary/aromatic N) is 2. The first-order valence-corrected chi connectivity index (χ1v) is 4.89. The first-order chi connectivity index (χ1) is 7.04. The van der Waals surface area contributed by atoms with Crippen LogP contribution >= 0.6 is 23.2 Å². The summed E-state index contributed by atoms with van der Waals surface area (Å²) in [5.74, 6) is -0.596. The van der Waals surface area contributed by atoms with Gasteiger partial charge in [0.05, 0.1) is 0 Å². The van der Waals surface area contributed by atoms with Crippen molar-refractivity contribution in [2.75, 3.05) is 7.05 Å². The lowest BCUT2D eigenvalue weighted by Gasteiger charge is -2.14. The molecular weight excluding hydrogens is 235 g/mol. The summed E-state index contributed by atoms with van der Waals surface area (Å²) in [5.41, 5.74) is 0.757. The largest absolute Gasteiger partial charge is 0.329 e. The highest BCUT2D eigenvalue weighted by atomic mass is 35.5. The van der Waals surface area contributed by atoms with E-state index in [1.54, 1.807) is 18.2 Å². The van der Waals surface area contributed by atoms with Crippen LogP contribution in [0.4, 0.5) is 0 Å². The molecule has 0 saturated carbocycles. The third-order valence-electron chi connectivity index (χ3n) is 1.86. The molecule has 3 nitrogen and oxygen atoms in total. The summed E-state index contributed by atoms with van der Waals surface area (Å²) < 4.78 is 0. The molecule has 0 atom stereocenters. The van der Waals surface area contributed by atoms with E-state index in [0.29, 0.717) is 16.6 Å². The Hall–Kier alpha value is -1.24. The van der Waals surface area contributed by atoms with Crippen molar-refractivity contribution in [3.63, 3.8) is 0 Å². The fourth-order valence-electron chi connectivity index (χ4n) is 1.06. The van der Waals surface area contributed by atoms with Crippen LogP contribution in [0, 0.1) is 11.3 Å². The maximum atomic E-state index is 11.0. The molecule has 0 aliphatic heterocycles. The van der Waals surface area contributed by atoms with Crippen molar-refractivity contribution in [3.8, 4) is 6.07 Å². The summed E-state index contributed by atoms with van der Waals surface area (Å²) in [6.45, 7) is 0.294. The van der Waals surface area contributed by atoms with Gasteiger partial charge < -0.3 is 4.90 Å². The highest BCUT2D eigenvalue weighted by Crippen LogP contribution is 2.21. The fraction of sp³-hybridized carbons (Fsp3) is 0.200. The Kier molecular flexibility index (Phi) is 3.96. The highest BCUT2D eigenvalue weighted by Gasteiger charge is 2.09. The zero-order valence-electron chi connectivity index (χ0n) is 8.00. The topological polar surface area (TPSA) is 44.1 Å². The minimum absolute atomic E-state index is 0.294. The molecule has 0 spiro atoms. The second-order valence-electron chi connectivity index (χ2n) is 3.01. The molecule has 0 unspecified atom stereocenters. The van der Waals surface area contributed by atoms with Crippen LogP contribution in [0.2, 0.25) is 10.0 Å². The van der Waals surface area contributed by atoms with Gasteiger partial charge in [0.25, 0.3) is 0 Å². The van der Waals surface area contributed by atoms with Crippen molar-refractivity contribution in [2.24, 2.45) is 0 Å². The molecule has 1 rings (SSSR count). The molecule has 0 fully saturated rings. The lowest BCUT2D eigenvalue weighted by Crippen LogP contribution is -2.24. The Labute approximate surface area is 97.8 Å². The normalized spacial score (nSPS) is 9.47. The molecule has 0 bridgehead atoms. The molecule has 0 saturated heterocycles. The highest BCUT2D eigenvalue weighted by molar-refractivity contribution is 6.35. The van der Waals surface area contributed by atoms with Crippen LogP contribution < -0.4 is 0 Å². The number of halogens is 2. The standard InChI is InChI=1S/C10H8Cl2N2O/c1-14(10(15)5-13)6-7-2-3-8(11)4-9(7)12/h2-4H,6H2,1H3. The van der Waals surface area contributed by atoms with E-state index in [1.165, 1.54) is 18.0 Å². The van der Waals surface area contributed by atoms with Crippen molar-refractivity contribution in [2.45, 2.75) is 6.54 Å². The molecule has 1 amide bonds. The van der Waals surface area contributed by atoms with E-state index in [1.807, 2.05) is 0 Å². The number of benzene rings is 1. The zero-order chi connectivity index (χ0) is 11.4. The van der Waals surface area contributed by atoms with Gasteiger partial charge in [-0.25, -0.2) is 0 Å². The lowest BCUT2D eigenvalue weighted by molar-refractivity contribution is -0.124. The van der Waals surface area contributed by atoms with Gasteiger partial charge in [0.2, 0.25) is 0 Å². The summed E-state index contributed by atoms with van der Waals surface area (Å²) in [6, 6.07) is 6.55. The number of hydrogen-bond acceptors (Lipinski definition) is 2. The molecule has 15 heavy (non-hydrogen) atoms. The maximum Gasteiger partial charge on any atom is 0.325 e. The SMILES string of the molecule is CN(Cc1ccc(Cl)cc1Cl)C(=O)C#N. The number of rotatable bonds is 2. The van der Waals surface area contributed by atoms with Crippen LogP contribution in [-0.4, -0.2) is 17.9 Å². The molecule has 0 radical (unpaired) electrons. The van der Waals surface area contributed by atoms with Crippen molar-refractivity contribution in [1.29, 1.82) is 5.26 Å². The smallest absolute Gasteiger partial charge is 0.325 e. The van der Waals surface area contributed by atoms with E-state index in [4.69, 9.17) is 28.5 Å². The Morgan fingerprint density at radius 2 is 2.20 bits per heavy atom. The average Bonchev–Trinajstić information content (AvgIpc) is 2.20. The Morgan fingerprint density at radius 3 is 2.73 bits per heavy atom. The monoisotopic (exact) mass is 242 g/mol. The van der Waals surface area contributed by atoms with Crippen LogP contribution in [-0.2, 0) is 11.3 Å². The average molecular weight is 243 g/mol. The van der Waals surface area contributed by atoms with Crippen molar-refractivity contribution in [3.05, 3.63) is 33.8 Å². The molecule has 1 aromatic rings. The molecule has 0 heterocycles. The predicted molar refractivity (Wildman–Crippen MR) is 58.5 cm³/mol. The van der Waals surface area contributed by atoms with Gasteiger partial charge in [0.1, 0.15) is 0 Å². The van der Waals surface area contributed by atoms with Gasteiger partial charge in [0.15, 0.2) is 6.07 Å². The van der Waals surface area contributed by atoms with Gasteiger partial charge in [-0.2, -0.15) is 5.26 Å². The van der Waals surface area contributed by atoms with E-state index in [-0.39, 0.29) is 0 Å². The van der Waals surface area contributed by atoms with E-state index in [0.717, 1.165) is 5.56 Å². The molecule has 0 aromatic heterocycles. The van der Waals surface area contributed by atoms with Crippen molar-refractivity contribution in [1.82, 2.24) is 4.90 Å². The summed E-state index contributed by atoms with van der Waals surface area (Å²) in [7, 11) is 1.54. The van der Waals surface area contributed by atoms with Gasteiger partial charge in [-0.05, 0) is 17.7 Å². The van der Waals surface area contributed by atoms with Crippen LogP contribution in [0.5, 0.6) is 0 Å². The summed E-state index contributed by atoms with van der Waals surface area (Å²) in [6.07, 6.45) is 0. The van der Waals surface area contributed by atoms with Gasteiger partial charge in [-0.15, -0.1) is 0 Å². The first kappa shape index (κ1) is 11.8. The van der Waals surface area contributed by atoms with Crippen LogP contribution in [0.15, 0.2) is 18.2 Å². The van der Waals surface area contributed by atoms with Crippen molar-refractivity contribution < 1.29 is 4.79 Å². The van der Waals surface area contributed by atoms with Gasteiger partial charge in [-0.3, -0.25) is 4.79 Å². The number of nitriles is 1. The molecule has 0 aliphatic rings. The minimum Gasteiger partial charge on any atom is -0.329 e. The first-order valence-electron chi connectivity index (χ1n) is 4.13. The zero-order valence-corrected chi connectivity index (χ0v) is 9.51. The van der Waals surface area contributed by atoms with Gasteiger partial charge in [0, 0.05) is 23.6 Å². The molecule has 1 aromatic carbocycles. The quantitative estimate of drug-likeness (QED) is 0.749. The maximum absolute atomic E-state index is 11.0. The third kappa shape index (κ3) is 3.12. The minimum atomic E-state index is -0.596. The predicted octanol–water partition coefficient (Wildman–Crippen LogP) is 2.48. The third-order valence-corrected chi connectivity index (χ3v) is 2.45. The molecule has 78 valence electrons. The Bertz CT molecular complexity index is 426. The fourth-order valence-corrected chi connectivity index (χ4v) is 1.53. The van der Waals surface area contributed by atoms with Gasteiger partial charge >= 0.3 is 5.91 Å². The molecule has 0 aliphatic carbocycles. The second kappa shape index (κ2) is 5.01. The van der Waals surface area contributed by atoms with E-state index in [9.17, 15) is 4.79 Å². The molecule has 0 N–H and O–H groups in total. The lowest BCUT2D eigenvalue weighted by atomic mass is 10.2. The van der Waals surface area contributed by atoms with Crippen LogP contribution in [0.25, 0.3) is 0 Å². The Balaban J connectivity index is 2.82. The summed E-state index contributed by atoms with van der Waals surface area (Å²) in [5, 5.41) is 9.43. The van der Waals surface area contributed by atoms with E-state index in [2.05, 4.69) is 0 Å². The van der Waals surface area contributed by atoms with Crippen LogP contribution in [0.3, 0.4) is 0 Å². The number of carbonyl (C=O) groups is 1. The number of carbonyl (C=O) groups excluding carboxylic acids is 1. The Morgan fingerprint density at radius 1 is 1.53 bits per heavy atom. The van der Waals surface area contributed by atoms with E-state index < -0.39 is 5.91 Å². The number of hydrogen-bond donors (Lipinski definition) is 0. The van der Waals surface area contributed by atoms with Gasteiger partial charge in [-0.1, -0.05) is 29.3 Å². The van der Waals surface area contributed by atoms with E-state index >= 15 is 0 Å². The van der Waals surface area contributed by atoms with Crippen molar-refractivity contribution >= 4 is 29.1 Å². The molecular formula is C10H8Cl2N2O. The molecule has 5 heteroatoms. The van der Waals surface area contributed by atoms with Crippen LogP contribution in [0.1, 0.15) is 5.56 Å². The number of amides is 1. The summed E-state index contributed by atoms with van der Waals surface area (Å²) in [4.78, 5) is 12.3. The second-order valence-corrected chi connectivity index (χ2v) is 3.85.